The van der Waals surface area contributed by atoms with E-state index in [0.717, 1.165) is 31.4 Å². The molecule has 8 heteroatoms. The van der Waals surface area contributed by atoms with Crippen LogP contribution in [0.5, 0.6) is 0 Å². The van der Waals surface area contributed by atoms with Gasteiger partial charge in [-0.25, -0.2) is 4.39 Å². The van der Waals surface area contributed by atoms with Gasteiger partial charge in [0.05, 0.1) is 23.0 Å². The molecule has 0 N–H and O–H groups in total. The normalized spacial score (nSPS) is 17.5. The Hall–Kier alpha value is -2.67. The molecule has 4 rings (SSSR count). The molecule has 0 spiro atoms. The number of aromatic nitrogens is 3. The van der Waals surface area contributed by atoms with Crippen LogP contribution in [0.15, 0.2) is 41.1 Å². The second-order valence-electron chi connectivity index (χ2n) is 6.92. The Labute approximate surface area is 166 Å². The lowest BCUT2D eigenvalue weighted by molar-refractivity contribution is 0.0631. The van der Waals surface area contributed by atoms with E-state index in [0.29, 0.717) is 22.8 Å². The molecule has 0 unspecified atom stereocenters. The minimum atomic E-state index is -0.413. The van der Waals surface area contributed by atoms with Gasteiger partial charge in [0.1, 0.15) is 11.5 Å². The summed E-state index contributed by atoms with van der Waals surface area (Å²) >= 11 is 6.35. The van der Waals surface area contributed by atoms with Crippen molar-refractivity contribution in [2.24, 2.45) is 7.05 Å². The zero-order chi connectivity index (χ0) is 19.7. The lowest BCUT2D eigenvalue weighted by Gasteiger charge is -2.29. The summed E-state index contributed by atoms with van der Waals surface area (Å²) in [5.74, 6) is -0.605. The lowest BCUT2D eigenvalue weighted by Crippen LogP contribution is -2.35. The van der Waals surface area contributed by atoms with Crippen molar-refractivity contribution >= 4 is 17.5 Å². The van der Waals surface area contributed by atoms with E-state index in [-0.39, 0.29) is 17.7 Å². The van der Waals surface area contributed by atoms with Gasteiger partial charge in [-0.15, -0.1) is 0 Å². The number of rotatable bonds is 3. The highest BCUT2D eigenvalue weighted by molar-refractivity contribution is 6.31. The van der Waals surface area contributed by atoms with Crippen LogP contribution < -0.4 is 0 Å². The number of nitrogens with zero attached hydrogens (tertiary/aromatic N) is 4. The van der Waals surface area contributed by atoms with Gasteiger partial charge in [-0.3, -0.25) is 9.48 Å². The van der Waals surface area contributed by atoms with Crippen molar-refractivity contribution in [1.29, 1.82) is 0 Å². The number of amides is 1. The molecular formula is C20H20ClFN4O2. The van der Waals surface area contributed by atoms with Gasteiger partial charge in [0.25, 0.3) is 5.91 Å². The molecular weight excluding hydrogens is 383 g/mol. The van der Waals surface area contributed by atoms with Crippen molar-refractivity contribution in [2.75, 3.05) is 6.54 Å². The molecule has 6 nitrogen and oxygen atoms in total. The maximum Gasteiger partial charge on any atom is 0.293 e. The first-order valence-corrected chi connectivity index (χ1v) is 9.64. The highest BCUT2D eigenvalue weighted by Gasteiger charge is 2.33. The van der Waals surface area contributed by atoms with Crippen LogP contribution in [0.2, 0.25) is 5.02 Å². The van der Waals surface area contributed by atoms with Gasteiger partial charge in [-0.2, -0.15) is 5.10 Å². The molecule has 3 heterocycles. The molecule has 1 fully saturated rings. The smallest absolute Gasteiger partial charge is 0.293 e. The largest absolute Gasteiger partial charge is 0.350 e. The molecule has 1 aliphatic heterocycles. The number of carbonyl (C=O) groups excluding carboxylic acids is 1. The fourth-order valence-corrected chi connectivity index (χ4v) is 4.04. The van der Waals surface area contributed by atoms with Crippen molar-refractivity contribution in [3.05, 3.63) is 58.8 Å². The molecule has 0 bridgehead atoms. The Morgan fingerprint density at radius 2 is 2.11 bits per heavy atom. The number of hydrogen-bond acceptors (Lipinski definition) is 4. The summed E-state index contributed by atoms with van der Waals surface area (Å²) < 4.78 is 21.0. The number of hydrogen-bond donors (Lipinski definition) is 0. The van der Waals surface area contributed by atoms with E-state index in [2.05, 4.69) is 10.3 Å². The molecule has 1 aliphatic rings. The van der Waals surface area contributed by atoms with Crippen molar-refractivity contribution < 1.29 is 13.7 Å². The van der Waals surface area contributed by atoms with Crippen LogP contribution in [-0.4, -0.2) is 32.3 Å². The van der Waals surface area contributed by atoms with Crippen LogP contribution in [0.25, 0.3) is 11.3 Å². The molecule has 28 heavy (non-hydrogen) atoms. The molecule has 146 valence electrons. The molecule has 3 aromatic rings. The fourth-order valence-electron chi connectivity index (χ4n) is 3.74. The third kappa shape index (κ3) is 3.42. The standard InChI is InChI=1S/C20H20ClFN4O2/c1-25-19(14(21)12-23-25)17-9-3-2-6-10-26(17)20(27)18-11-16(24-28-18)13-7-4-5-8-15(13)22/h4-5,7-8,11-12,17H,2-3,6,9-10H2,1H3/t17-/m0/s1. The molecule has 1 aromatic carbocycles. The second kappa shape index (κ2) is 7.75. The Morgan fingerprint density at radius 3 is 2.86 bits per heavy atom. The first-order valence-electron chi connectivity index (χ1n) is 9.26. The van der Waals surface area contributed by atoms with Gasteiger partial charge in [0.2, 0.25) is 5.76 Å². The van der Waals surface area contributed by atoms with E-state index in [1.165, 1.54) is 12.1 Å². The fraction of sp³-hybridized carbons (Fsp3) is 0.350. The predicted molar refractivity (Wildman–Crippen MR) is 102 cm³/mol. The lowest BCUT2D eigenvalue weighted by atomic mass is 10.1. The second-order valence-corrected chi connectivity index (χ2v) is 7.33. The van der Waals surface area contributed by atoms with E-state index in [1.54, 1.807) is 34.0 Å². The van der Waals surface area contributed by atoms with Crippen LogP contribution in [0.3, 0.4) is 0 Å². The zero-order valence-corrected chi connectivity index (χ0v) is 16.2. The minimum absolute atomic E-state index is 0.0865. The summed E-state index contributed by atoms with van der Waals surface area (Å²) in [4.78, 5) is 15.0. The summed E-state index contributed by atoms with van der Waals surface area (Å²) in [6.45, 7) is 0.584. The van der Waals surface area contributed by atoms with Gasteiger partial charge in [-0.1, -0.05) is 41.7 Å². The summed E-state index contributed by atoms with van der Waals surface area (Å²) in [5, 5.41) is 8.65. The minimum Gasteiger partial charge on any atom is -0.350 e. The van der Waals surface area contributed by atoms with Crippen LogP contribution >= 0.6 is 11.6 Å². The van der Waals surface area contributed by atoms with Gasteiger partial charge in [0, 0.05) is 25.2 Å². The van der Waals surface area contributed by atoms with E-state index >= 15 is 0 Å². The Morgan fingerprint density at radius 1 is 1.29 bits per heavy atom. The average molecular weight is 403 g/mol. The summed E-state index contributed by atoms with van der Waals surface area (Å²) in [5.41, 5.74) is 1.41. The topological polar surface area (TPSA) is 64.2 Å². The maximum atomic E-state index is 14.0. The van der Waals surface area contributed by atoms with Crippen LogP contribution in [-0.2, 0) is 7.05 Å². The first kappa shape index (κ1) is 18.7. The number of aryl methyl sites for hydroxylation is 1. The monoisotopic (exact) mass is 402 g/mol. The number of carbonyl (C=O) groups is 1. The predicted octanol–water partition coefficient (Wildman–Crippen LogP) is 4.63. The van der Waals surface area contributed by atoms with Crippen LogP contribution in [0, 0.1) is 5.82 Å². The van der Waals surface area contributed by atoms with E-state index in [9.17, 15) is 9.18 Å². The van der Waals surface area contributed by atoms with Crippen molar-refractivity contribution in [3.8, 4) is 11.3 Å². The van der Waals surface area contributed by atoms with Gasteiger partial charge >= 0.3 is 0 Å². The molecule has 0 radical (unpaired) electrons. The van der Waals surface area contributed by atoms with Crippen molar-refractivity contribution in [1.82, 2.24) is 19.8 Å². The highest BCUT2D eigenvalue weighted by Crippen LogP contribution is 2.35. The number of benzene rings is 1. The van der Waals surface area contributed by atoms with Crippen LogP contribution in [0.1, 0.15) is 48.0 Å². The average Bonchev–Trinajstić information content (AvgIpc) is 3.22. The molecule has 0 saturated carbocycles. The Bertz CT molecular complexity index is 980. The van der Waals surface area contributed by atoms with Crippen LogP contribution in [0.4, 0.5) is 4.39 Å². The molecule has 2 aromatic heterocycles. The van der Waals surface area contributed by atoms with Crippen molar-refractivity contribution in [3.63, 3.8) is 0 Å². The molecule has 1 amide bonds. The molecule has 1 atom stereocenters. The van der Waals surface area contributed by atoms with Gasteiger partial charge in [0.15, 0.2) is 0 Å². The SMILES string of the molecule is Cn1ncc(Cl)c1[C@@H]1CCCCCN1C(=O)c1cc(-c2ccccc2F)no1. The maximum absolute atomic E-state index is 14.0. The third-order valence-corrected chi connectivity index (χ3v) is 5.43. The van der Waals surface area contributed by atoms with Crippen molar-refractivity contribution in [2.45, 2.75) is 31.7 Å². The number of halogens is 2. The van der Waals surface area contributed by atoms with E-state index in [1.807, 2.05) is 7.05 Å². The Balaban J connectivity index is 1.66. The van der Waals surface area contributed by atoms with Gasteiger partial charge < -0.3 is 9.42 Å². The first-order chi connectivity index (χ1) is 13.6. The van der Waals surface area contributed by atoms with Gasteiger partial charge in [-0.05, 0) is 25.0 Å². The Kier molecular flexibility index (Phi) is 5.17. The van der Waals surface area contributed by atoms with E-state index < -0.39 is 5.82 Å². The zero-order valence-electron chi connectivity index (χ0n) is 15.4. The summed E-state index contributed by atoms with van der Waals surface area (Å²) in [6.07, 6.45) is 5.31. The summed E-state index contributed by atoms with van der Waals surface area (Å²) in [6, 6.07) is 7.56. The molecule has 0 aliphatic carbocycles. The molecule has 1 saturated heterocycles. The third-order valence-electron chi connectivity index (χ3n) is 5.14. The number of likely N-dealkylation sites (tertiary alicyclic amines) is 1. The highest BCUT2D eigenvalue weighted by atomic mass is 35.5. The quantitative estimate of drug-likeness (QED) is 0.641. The summed E-state index contributed by atoms with van der Waals surface area (Å²) in [7, 11) is 1.82. The van der Waals surface area contributed by atoms with E-state index in [4.69, 9.17) is 16.1 Å².